The van der Waals surface area contributed by atoms with E-state index in [1.165, 1.54) is 0 Å². The van der Waals surface area contributed by atoms with E-state index in [2.05, 4.69) is 26.2 Å². The lowest BCUT2D eigenvalue weighted by molar-refractivity contribution is -0.136. The maximum absolute atomic E-state index is 12.1. The van der Waals surface area contributed by atoms with Crippen molar-refractivity contribution >= 4 is 33.2 Å². The largest absolute Gasteiger partial charge is 0.496 e. The SMILES string of the molecule is COc1ccc(Br)cc1-c1nc(CN2CCN(C(=O)C(C)C)CC2)cs1. The lowest BCUT2D eigenvalue weighted by Gasteiger charge is -2.35. The fourth-order valence-electron chi connectivity index (χ4n) is 3.07. The highest BCUT2D eigenvalue weighted by atomic mass is 79.9. The average Bonchev–Trinajstić information content (AvgIpc) is 3.10. The van der Waals surface area contributed by atoms with Gasteiger partial charge in [0.1, 0.15) is 10.8 Å². The number of amides is 1. The molecule has 2 heterocycles. The summed E-state index contributed by atoms with van der Waals surface area (Å²) in [5, 5.41) is 3.08. The lowest BCUT2D eigenvalue weighted by Crippen LogP contribution is -2.49. The number of aromatic nitrogens is 1. The first kappa shape index (κ1) is 19.3. The van der Waals surface area contributed by atoms with Crippen LogP contribution in [0.2, 0.25) is 0 Å². The van der Waals surface area contributed by atoms with Crippen molar-refractivity contribution in [2.24, 2.45) is 5.92 Å². The third kappa shape index (κ3) is 4.45. The molecule has 0 bridgehead atoms. The summed E-state index contributed by atoms with van der Waals surface area (Å²) in [5.74, 6) is 1.15. The summed E-state index contributed by atoms with van der Waals surface area (Å²) in [4.78, 5) is 21.2. The number of methoxy groups -OCH3 is 1. The van der Waals surface area contributed by atoms with Gasteiger partial charge in [-0.3, -0.25) is 9.69 Å². The van der Waals surface area contributed by atoms with Gasteiger partial charge in [0.15, 0.2) is 0 Å². The Labute approximate surface area is 167 Å². The second-order valence-corrected chi connectivity index (χ2v) is 8.52. The van der Waals surface area contributed by atoms with E-state index in [-0.39, 0.29) is 11.8 Å². The summed E-state index contributed by atoms with van der Waals surface area (Å²) in [7, 11) is 1.68. The normalized spacial score (nSPS) is 15.5. The molecule has 2 aromatic rings. The Morgan fingerprint density at radius 3 is 2.69 bits per heavy atom. The molecule has 1 aromatic carbocycles. The van der Waals surface area contributed by atoms with Gasteiger partial charge in [0.05, 0.1) is 18.4 Å². The first-order valence-corrected chi connectivity index (χ1v) is 10.4. The van der Waals surface area contributed by atoms with E-state index in [1.807, 2.05) is 36.9 Å². The van der Waals surface area contributed by atoms with Gasteiger partial charge in [-0.1, -0.05) is 29.8 Å². The van der Waals surface area contributed by atoms with Gasteiger partial charge < -0.3 is 9.64 Å². The monoisotopic (exact) mass is 437 g/mol. The van der Waals surface area contributed by atoms with E-state index in [1.54, 1.807) is 18.4 Å². The number of rotatable bonds is 5. The van der Waals surface area contributed by atoms with Crippen LogP contribution < -0.4 is 4.74 Å². The molecule has 0 spiro atoms. The molecule has 0 N–H and O–H groups in total. The van der Waals surface area contributed by atoms with Crippen LogP contribution in [-0.2, 0) is 11.3 Å². The summed E-state index contributed by atoms with van der Waals surface area (Å²) >= 11 is 5.15. The second-order valence-electron chi connectivity index (χ2n) is 6.74. The number of piperazine rings is 1. The van der Waals surface area contributed by atoms with Crippen molar-refractivity contribution in [3.05, 3.63) is 33.7 Å². The molecule has 3 rings (SSSR count). The molecule has 0 radical (unpaired) electrons. The molecule has 0 atom stereocenters. The molecule has 7 heteroatoms. The predicted octanol–water partition coefficient (Wildman–Crippen LogP) is 3.88. The number of carbonyl (C=O) groups excluding carboxylic acids is 1. The van der Waals surface area contributed by atoms with Crippen LogP contribution in [0.4, 0.5) is 0 Å². The van der Waals surface area contributed by atoms with E-state index < -0.39 is 0 Å². The topological polar surface area (TPSA) is 45.7 Å². The van der Waals surface area contributed by atoms with Crippen molar-refractivity contribution in [2.75, 3.05) is 33.3 Å². The van der Waals surface area contributed by atoms with Crippen molar-refractivity contribution < 1.29 is 9.53 Å². The molecule has 1 aromatic heterocycles. The minimum absolute atomic E-state index is 0.0721. The molecular formula is C19H24BrN3O2S. The molecule has 26 heavy (non-hydrogen) atoms. The molecule has 1 aliphatic rings. The summed E-state index contributed by atoms with van der Waals surface area (Å²) in [6.07, 6.45) is 0. The number of ether oxygens (including phenoxy) is 1. The Bertz CT molecular complexity index is 770. The van der Waals surface area contributed by atoms with E-state index >= 15 is 0 Å². The number of carbonyl (C=O) groups is 1. The summed E-state index contributed by atoms with van der Waals surface area (Å²) < 4.78 is 6.48. The molecule has 5 nitrogen and oxygen atoms in total. The average molecular weight is 438 g/mol. The first-order valence-electron chi connectivity index (χ1n) is 8.77. The third-order valence-corrected chi connectivity index (χ3v) is 5.92. The fourth-order valence-corrected chi connectivity index (χ4v) is 4.26. The number of thiazole rings is 1. The van der Waals surface area contributed by atoms with Gasteiger partial charge >= 0.3 is 0 Å². The van der Waals surface area contributed by atoms with Crippen LogP contribution in [0.5, 0.6) is 5.75 Å². The molecule has 0 aliphatic carbocycles. The zero-order valence-electron chi connectivity index (χ0n) is 15.4. The van der Waals surface area contributed by atoms with Crippen LogP contribution in [0.3, 0.4) is 0 Å². The molecule has 0 unspecified atom stereocenters. The zero-order chi connectivity index (χ0) is 18.7. The van der Waals surface area contributed by atoms with Gasteiger partial charge in [-0.05, 0) is 18.2 Å². The Kier molecular flexibility index (Phi) is 6.32. The Morgan fingerprint density at radius 1 is 1.31 bits per heavy atom. The van der Waals surface area contributed by atoms with Gasteiger partial charge in [-0.25, -0.2) is 4.98 Å². The number of halogens is 1. The van der Waals surface area contributed by atoms with Crippen molar-refractivity contribution in [3.8, 4) is 16.3 Å². The van der Waals surface area contributed by atoms with Gasteiger partial charge in [0.2, 0.25) is 5.91 Å². The van der Waals surface area contributed by atoms with Crippen LogP contribution in [-0.4, -0.2) is 54.0 Å². The van der Waals surface area contributed by atoms with Crippen molar-refractivity contribution in [1.82, 2.24) is 14.8 Å². The molecule has 1 aliphatic heterocycles. The number of hydrogen-bond acceptors (Lipinski definition) is 5. The number of nitrogens with zero attached hydrogens (tertiary/aromatic N) is 3. The van der Waals surface area contributed by atoms with E-state index in [0.717, 1.165) is 59.2 Å². The molecule has 1 amide bonds. The van der Waals surface area contributed by atoms with Gasteiger partial charge in [0, 0.05) is 48.5 Å². The molecule has 1 fully saturated rings. The van der Waals surface area contributed by atoms with Gasteiger partial charge in [0.25, 0.3) is 0 Å². The Morgan fingerprint density at radius 2 is 2.04 bits per heavy atom. The third-order valence-electron chi connectivity index (χ3n) is 4.51. The number of hydrogen-bond donors (Lipinski definition) is 0. The minimum atomic E-state index is 0.0721. The van der Waals surface area contributed by atoms with E-state index in [0.29, 0.717) is 0 Å². The highest BCUT2D eigenvalue weighted by Gasteiger charge is 2.23. The van der Waals surface area contributed by atoms with Crippen molar-refractivity contribution in [2.45, 2.75) is 20.4 Å². The smallest absolute Gasteiger partial charge is 0.225 e. The predicted molar refractivity (Wildman–Crippen MR) is 108 cm³/mol. The molecule has 0 saturated carbocycles. The van der Waals surface area contributed by atoms with E-state index in [4.69, 9.17) is 9.72 Å². The fraction of sp³-hybridized carbons (Fsp3) is 0.474. The zero-order valence-corrected chi connectivity index (χ0v) is 17.8. The van der Waals surface area contributed by atoms with Crippen LogP contribution in [0, 0.1) is 5.92 Å². The van der Waals surface area contributed by atoms with Gasteiger partial charge in [-0.2, -0.15) is 0 Å². The standard InChI is InChI=1S/C19H24BrN3O2S/c1-13(2)19(24)23-8-6-22(7-9-23)11-15-12-26-18(21-15)16-10-14(20)4-5-17(16)25-3/h4-5,10,12-13H,6-9,11H2,1-3H3. The van der Waals surface area contributed by atoms with Crippen LogP contribution >= 0.6 is 27.3 Å². The Hall–Kier alpha value is -1.44. The Balaban J connectivity index is 1.63. The summed E-state index contributed by atoms with van der Waals surface area (Å²) in [6.45, 7) is 8.12. The molecule has 140 valence electrons. The van der Waals surface area contributed by atoms with Crippen molar-refractivity contribution in [1.29, 1.82) is 0 Å². The first-order chi connectivity index (χ1) is 12.5. The molecular weight excluding hydrogens is 414 g/mol. The second kappa shape index (κ2) is 8.50. The minimum Gasteiger partial charge on any atom is -0.496 e. The van der Waals surface area contributed by atoms with Crippen LogP contribution in [0.15, 0.2) is 28.1 Å². The number of benzene rings is 1. The van der Waals surface area contributed by atoms with Crippen molar-refractivity contribution in [3.63, 3.8) is 0 Å². The van der Waals surface area contributed by atoms with Crippen LogP contribution in [0.25, 0.3) is 10.6 Å². The summed E-state index contributed by atoms with van der Waals surface area (Å²) in [6, 6.07) is 5.96. The maximum atomic E-state index is 12.1. The highest BCUT2D eigenvalue weighted by Crippen LogP contribution is 2.34. The lowest BCUT2D eigenvalue weighted by atomic mass is 10.1. The van der Waals surface area contributed by atoms with Crippen LogP contribution in [0.1, 0.15) is 19.5 Å². The molecule has 1 saturated heterocycles. The maximum Gasteiger partial charge on any atom is 0.225 e. The highest BCUT2D eigenvalue weighted by molar-refractivity contribution is 9.10. The summed E-state index contributed by atoms with van der Waals surface area (Å²) in [5.41, 5.74) is 2.07. The van der Waals surface area contributed by atoms with E-state index in [9.17, 15) is 4.79 Å². The quantitative estimate of drug-likeness (QED) is 0.711. The van der Waals surface area contributed by atoms with Gasteiger partial charge in [-0.15, -0.1) is 11.3 Å².